The van der Waals surface area contributed by atoms with Crippen molar-refractivity contribution in [3.63, 3.8) is 0 Å². The molecule has 9 heteroatoms. The highest BCUT2D eigenvalue weighted by molar-refractivity contribution is 5.95. The van der Waals surface area contributed by atoms with Crippen molar-refractivity contribution < 1.29 is 32.2 Å². The number of para-hydroxylation sites is 1. The van der Waals surface area contributed by atoms with E-state index >= 15 is 0 Å². The van der Waals surface area contributed by atoms with Crippen LogP contribution in [0.1, 0.15) is 21.5 Å². The van der Waals surface area contributed by atoms with Gasteiger partial charge in [-0.25, -0.2) is 4.98 Å². The number of methoxy groups -OCH3 is 3. The first-order chi connectivity index (χ1) is 12.3. The van der Waals surface area contributed by atoms with Crippen molar-refractivity contribution in [2.24, 2.45) is 0 Å². The third-order valence-electron chi connectivity index (χ3n) is 3.56. The van der Waals surface area contributed by atoms with Gasteiger partial charge in [-0.1, -0.05) is 12.1 Å². The molecule has 1 aromatic carbocycles. The predicted molar refractivity (Wildman–Crippen MR) is 86.5 cm³/mol. The number of halogens is 3. The van der Waals surface area contributed by atoms with E-state index in [1.807, 2.05) is 0 Å². The summed E-state index contributed by atoms with van der Waals surface area (Å²) in [6.45, 7) is -0.0530. The van der Waals surface area contributed by atoms with Crippen LogP contribution in [0, 0.1) is 0 Å². The van der Waals surface area contributed by atoms with Crippen LogP contribution in [-0.4, -0.2) is 32.2 Å². The number of hydrogen-bond acceptors (Lipinski definition) is 5. The molecular weight excluding hydrogens is 353 g/mol. The maximum atomic E-state index is 13.2. The number of carbonyl (C=O) groups excluding carboxylic acids is 1. The third kappa shape index (κ3) is 4.16. The Labute approximate surface area is 147 Å². The second-order valence-corrected chi connectivity index (χ2v) is 5.11. The number of carbonyl (C=O) groups is 1. The summed E-state index contributed by atoms with van der Waals surface area (Å²) in [4.78, 5) is 16.0. The zero-order valence-corrected chi connectivity index (χ0v) is 14.3. The Bertz CT molecular complexity index is 794. The number of pyridine rings is 1. The number of aromatic nitrogens is 1. The van der Waals surface area contributed by atoms with Gasteiger partial charge in [0.1, 0.15) is 0 Å². The maximum absolute atomic E-state index is 13.2. The first kappa shape index (κ1) is 19.4. The topological polar surface area (TPSA) is 69.7 Å². The Morgan fingerprint density at radius 2 is 1.88 bits per heavy atom. The summed E-state index contributed by atoms with van der Waals surface area (Å²) >= 11 is 0. The first-order valence-corrected chi connectivity index (χ1v) is 7.41. The van der Waals surface area contributed by atoms with Crippen LogP contribution in [0.15, 0.2) is 30.5 Å². The molecule has 0 saturated carbocycles. The van der Waals surface area contributed by atoms with Crippen LogP contribution in [0.5, 0.6) is 17.4 Å². The second-order valence-electron chi connectivity index (χ2n) is 5.11. The summed E-state index contributed by atoms with van der Waals surface area (Å²) in [7, 11) is 4.08. The van der Waals surface area contributed by atoms with Crippen LogP contribution in [0.4, 0.5) is 13.2 Å². The van der Waals surface area contributed by atoms with Gasteiger partial charge in [0.2, 0.25) is 5.88 Å². The number of nitrogens with zero attached hydrogens (tertiary/aromatic N) is 1. The molecule has 1 amide bonds. The molecule has 1 heterocycles. The fourth-order valence-corrected chi connectivity index (χ4v) is 2.33. The van der Waals surface area contributed by atoms with Crippen molar-refractivity contribution in [2.45, 2.75) is 12.7 Å². The lowest BCUT2D eigenvalue weighted by molar-refractivity contribution is -0.138. The highest BCUT2D eigenvalue weighted by Gasteiger charge is 2.36. The maximum Gasteiger partial charge on any atom is 0.417 e. The monoisotopic (exact) mass is 370 g/mol. The molecule has 0 saturated heterocycles. The highest BCUT2D eigenvalue weighted by atomic mass is 19.4. The molecular formula is C17H17F3N2O4. The van der Waals surface area contributed by atoms with E-state index in [-0.39, 0.29) is 12.4 Å². The Morgan fingerprint density at radius 1 is 1.15 bits per heavy atom. The van der Waals surface area contributed by atoms with Gasteiger partial charge < -0.3 is 19.5 Å². The zero-order valence-electron chi connectivity index (χ0n) is 14.3. The highest BCUT2D eigenvalue weighted by Crippen LogP contribution is 2.34. The summed E-state index contributed by atoms with van der Waals surface area (Å²) in [6, 6.07) is 5.69. The van der Waals surface area contributed by atoms with Gasteiger partial charge in [-0.05, 0) is 6.07 Å². The molecule has 0 aliphatic rings. The van der Waals surface area contributed by atoms with Crippen molar-refractivity contribution in [3.8, 4) is 17.4 Å². The lowest BCUT2D eigenvalue weighted by Gasteiger charge is -2.15. The van der Waals surface area contributed by atoms with E-state index in [2.05, 4.69) is 10.3 Å². The van der Waals surface area contributed by atoms with Gasteiger partial charge in [0, 0.05) is 24.4 Å². The molecule has 1 N–H and O–H groups in total. The number of alkyl halides is 3. The number of ether oxygens (including phenoxy) is 3. The average Bonchev–Trinajstić information content (AvgIpc) is 2.64. The molecule has 0 unspecified atom stereocenters. The smallest absolute Gasteiger partial charge is 0.417 e. The molecule has 2 aromatic rings. The molecule has 1 aromatic heterocycles. The van der Waals surface area contributed by atoms with Crippen molar-refractivity contribution >= 4 is 5.91 Å². The molecule has 0 fully saturated rings. The molecule has 2 rings (SSSR count). The van der Waals surface area contributed by atoms with Crippen LogP contribution in [0.2, 0.25) is 0 Å². The molecule has 0 aliphatic carbocycles. The molecule has 0 atom stereocenters. The summed E-state index contributed by atoms with van der Waals surface area (Å²) in [5, 5.41) is 2.44. The molecule has 0 aliphatic heterocycles. The molecule has 6 nitrogen and oxygen atoms in total. The quantitative estimate of drug-likeness (QED) is 0.846. The predicted octanol–water partition coefficient (Wildman–Crippen LogP) is 3.06. The van der Waals surface area contributed by atoms with Gasteiger partial charge in [0.25, 0.3) is 5.91 Å². The van der Waals surface area contributed by atoms with Crippen LogP contribution >= 0.6 is 0 Å². The Hall–Kier alpha value is -2.97. The molecule has 0 spiro atoms. The number of benzene rings is 1. The van der Waals surface area contributed by atoms with E-state index in [9.17, 15) is 18.0 Å². The Balaban J connectivity index is 2.27. The standard InChI is InChI=1S/C17H17F3N2O4/c1-24-13-6-4-5-10(15(13)26-3)8-22-16(23)11-9-21-14(25-2)7-12(11)17(18,19)20/h4-7,9H,8H2,1-3H3,(H,22,23). The number of rotatable bonds is 6. The fraction of sp³-hybridized carbons (Fsp3) is 0.294. The van der Waals surface area contributed by atoms with Crippen LogP contribution in [-0.2, 0) is 12.7 Å². The SMILES string of the molecule is COc1cc(C(F)(F)F)c(C(=O)NCc2cccc(OC)c2OC)cn1. The Kier molecular flexibility index (Phi) is 5.91. The van der Waals surface area contributed by atoms with Crippen molar-refractivity contribution in [2.75, 3.05) is 21.3 Å². The summed E-state index contributed by atoms with van der Waals surface area (Å²) in [5.74, 6) is -0.318. The van der Waals surface area contributed by atoms with Crippen LogP contribution in [0.3, 0.4) is 0 Å². The van der Waals surface area contributed by atoms with Gasteiger partial charge in [-0.3, -0.25) is 4.79 Å². The van der Waals surface area contributed by atoms with E-state index in [0.717, 1.165) is 6.20 Å². The second kappa shape index (κ2) is 7.94. The van der Waals surface area contributed by atoms with Crippen LogP contribution in [0.25, 0.3) is 0 Å². The summed E-state index contributed by atoms with van der Waals surface area (Å²) < 4.78 is 54.7. The number of hydrogen-bond donors (Lipinski definition) is 1. The molecule has 0 bridgehead atoms. The van der Waals surface area contributed by atoms with Crippen molar-refractivity contribution in [3.05, 3.63) is 47.2 Å². The van der Waals surface area contributed by atoms with Gasteiger partial charge in [0.05, 0.1) is 32.5 Å². The lowest BCUT2D eigenvalue weighted by Crippen LogP contribution is -2.26. The van der Waals surface area contributed by atoms with Crippen molar-refractivity contribution in [1.82, 2.24) is 10.3 Å². The summed E-state index contributed by atoms with van der Waals surface area (Å²) in [5.41, 5.74) is -1.17. The van der Waals surface area contributed by atoms with Gasteiger partial charge in [-0.2, -0.15) is 13.2 Å². The van der Waals surface area contributed by atoms with Crippen molar-refractivity contribution in [1.29, 1.82) is 0 Å². The van der Waals surface area contributed by atoms with Crippen LogP contribution < -0.4 is 19.5 Å². The first-order valence-electron chi connectivity index (χ1n) is 7.41. The van der Waals surface area contributed by atoms with E-state index in [1.165, 1.54) is 21.3 Å². The minimum atomic E-state index is -4.73. The minimum absolute atomic E-state index is 0.0530. The zero-order chi connectivity index (χ0) is 19.3. The van der Waals surface area contributed by atoms with E-state index < -0.39 is 23.2 Å². The lowest BCUT2D eigenvalue weighted by atomic mass is 10.1. The largest absolute Gasteiger partial charge is 0.493 e. The van der Waals surface area contributed by atoms with E-state index in [4.69, 9.17) is 14.2 Å². The third-order valence-corrected chi connectivity index (χ3v) is 3.56. The normalized spacial score (nSPS) is 11.0. The Morgan fingerprint density at radius 3 is 2.46 bits per heavy atom. The average molecular weight is 370 g/mol. The van der Waals surface area contributed by atoms with Gasteiger partial charge in [0.15, 0.2) is 11.5 Å². The van der Waals surface area contributed by atoms with E-state index in [1.54, 1.807) is 18.2 Å². The summed E-state index contributed by atoms with van der Waals surface area (Å²) in [6.07, 6.45) is -3.89. The molecule has 140 valence electrons. The minimum Gasteiger partial charge on any atom is -0.493 e. The molecule has 0 radical (unpaired) electrons. The fourth-order valence-electron chi connectivity index (χ4n) is 2.33. The number of nitrogens with one attached hydrogen (secondary N) is 1. The number of amides is 1. The van der Waals surface area contributed by atoms with E-state index in [0.29, 0.717) is 23.1 Å². The molecule has 26 heavy (non-hydrogen) atoms. The van der Waals surface area contributed by atoms with Gasteiger partial charge in [-0.15, -0.1) is 0 Å². The van der Waals surface area contributed by atoms with Gasteiger partial charge >= 0.3 is 6.18 Å².